The average molecular weight is 233 g/mol. The van der Waals surface area contributed by atoms with E-state index in [1.165, 1.54) is 31.0 Å². The Balaban J connectivity index is 3.19. The first-order valence-corrected chi connectivity index (χ1v) is 5.37. The molecular formula is C7H11N3O4S. The first-order valence-electron chi connectivity index (χ1n) is 3.89. The van der Waals surface area contributed by atoms with Gasteiger partial charge in [-0.15, -0.1) is 0 Å². The number of hydrogen-bond donors (Lipinski definition) is 2. The second-order valence-corrected chi connectivity index (χ2v) is 4.47. The zero-order valence-electron chi connectivity index (χ0n) is 8.22. The van der Waals surface area contributed by atoms with Gasteiger partial charge in [-0.05, 0) is 6.07 Å². The van der Waals surface area contributed by atoms with Gasteiger partial charge in [0.15, 0.2) is 0 Å². The minimum atomic E-state index is -3.75. The van der Waals surface area contributed by atoms with Gasteiger partial charge < -0.3 is 10.3 Å². The molecule has 7 nitrogen and oxygen atoms in total. The number of nitrogens with two attached hydrogens (primary N) is 1. The lowest BCUT2D eigenvalue weighted by molar-refractivity contribution is 0.0992. The summed E-state index contributed by atoms with van der Waals surface area (Å²) in [5.74, 6) is -0.698. The van der Waals surface area contributed by atoms with Gasteiger partial charge in [-0.2, -0.15) is 0 Å². The second-order valence-electron chi connectivity index (χ2n) is 2.83. The number of aromatic nitrogens is 1. The number of aryl methyl sites for hydroxylation is 1. The van der Waals surface area contributed by atoms with E-state index in [1.807, 2.05) is 4.89 Å². The Morgan fingerprint density at radius 3 is 2.60 bits per heavy atom. The number of nitrogens with one attached hydrogen (secondary N) is 1. The number of sulfonamides is 1. The standard InChI is InChI=1S/C7H11N3O4S/c1-10-4-5(3-6(10)7(8)11)15(12,13)9-14-2/h3-4,9H,1-2H3,(H2,8,11). The molecule has 3 N–H and O–H groups in total. The quantitative estimate of drug-likeness (QED) is 0.648. The van der Waals surface area contributed by atoms with Crippen LogP contribution in [0.15, 0.2) is 17.2 Å². The molecule has 84 valence electrons. The van der Waals surface area contributed by atoms with E-state index in [2.05, 4.69) is 4.84 Å². The summed E-state index contributed by atoms with van der Waals surface area (Å²) in [6, 6.07) is 1.17. The number of nitrogens with zero attached hydrogens (tertiary/aromatic N) is 1. The summed E-state index contributed by atoms with van der Waals surface area (Å²) in [5.41, 5.74) is 5.14. The maximum atomic E-state index is 11.4. The topological polar surface area (TPSA) is 103 Å². The Kier molecular flexibility index (Phi) is 3.12. The number of hydrogen-bond acceptors (Lipinski definition) is 4. The van der Waals surface area contributed by atoms with Gasteiger partial charge in [0.05, 0.1) is 7.11 Å². The molecule has 0 fully saturated rings. The maximum absolute atomic E-state index is 11.4. The van der Waals surface area contributed by atoms with Crippen LogP contribution >= 0.6 is 0 Å². The van der Waals surface area contributed by atoms with Gasteiger partial charge in [0.25, 0.3) is 15.9 Å². The fourth-order valence-corrected chi connectivity index (χ4v) is 1.96. The SMILES string of the molecule is CONS(=O)(=O)c1cc(C(N)=O)n(C)c1. The molecule has 0 saturated carbocycles. The van der Waals surface area contributed by atoms with Crippen LogP contribution in [-0.2, 0) is 21.9 Å². The summed E-state index contributed by atoms with van der Waals surface area (Å²) >= 11 is 0. The van der Waals surface area contributed by atoms with Crippen molar-refractivity contribution in [3.8, 4) is 0 Å². The van der Waals surface area contributed by atoms with Gasteiger partial charge in [0.2, 0.25) is 0 Å². The van der Waals surface area contributed by atoms with E-state index in [0.717, 1.165) is 0 Å². The molecule has 1 amide bonds. The summed E-state index contributed by atoms with van der Waals surface area (Å²) in [4.78, 5) is 16.9. The van der Waals surface area contributed by atoms with Crippen molar-refractivity contribution in [1.29, 1.82) is 0 Å². The van der Waals surface area contributed by atoms with E-state index in [-0.39, 0.29) is 10.6 Å². The zero-order valence-corrected chi connectivity index (χ0v) is 9.04. The van der Waals surface area contributed by atoms with Crippen molar-refractivity contribution in [2.75, 3.05) is 7.11 Å². The maximum Gasteiger partial charge on any atom is 0.265 e. The van der Waals surface area contributed by atoms with Crippen molar-refractivity contribution >= 4 is 15.9 Å². The second kappa shape index (κ2) is 4.01. The summed E-state index contributed by atoms with van der Waals surface area (Å²) in [6.45, 7) is 0. The smallest absolute Gasteiger partial charge is 0.265 e. The van der Waals surface area contributed by atoms with Gasteiger partial charge in [-0.25, -0.2) is 8.42 Å². The summed E-state index contributed by atoms with van der Waals surface area (Å²) < 4.78 is 24.2. The molecule has 1 heterocycles. The zero-order chi connectivity index (χ0) is 11.6. The summed E-state index contributed by atoms with van der Waals surface area (Å²) in [7, 11) is -1.05. The largest absolute Gasteiger partial charge is 0.364 e. The lowest BCUT2D eigenvalue weighted by atomic mass is 10.4. The molecule has 8 heteroatoms. The number of carbonyl (C=O) groups is 1. The molecular weight excluding hydrogens is 222 g/mol. The first-order chi connectivity index (χ1) is 6.88. The summed E-state index contributed by atoms with van der Waals surface area (Å²) in [5, 5.41) is 0. The highest BCUT2D eigenvalue weighted by Crippen LogP contribution is 2.12. The van der Waals surface area contributed by atoms with Crippen LogP contribution in [0.1, 0.15) is 10.5 Å². The molecule has 1 rings (SSSR count). The molecule has 0 atom stereocenters. The third kappa shape index (κ3) is 2.35. The van der Waals surface area contributed by atoms with Crippen LogP contribution in [0.3, 0.4) is 0 Å². The van der Waals surface area contributed by atoms with Gasteiger partial charge in [0.1, 0.15) is 10.6 Å². The molecule has 0 aliphatic carbocycles. The van der Waals surface area contributed by atoms with Crippen molar-refractivity contribution in [2.45, 2.75) is 4.90 Å². The fraction of sp³-hybridized carbons (Fsp3) is 0.286. The molecule has 0 unspecified atom stereocenters. The van der Waals surface area contributed by atoms with E-state index in [1.54, 1.807) is 0 Å². The predicted molar refractivity (Wildman–Crippen MR) is 51.3 cm³/mol. The van der Waals surface area contributed by atoms with E-state index >= 15 is 0 Å². The van der Waals surface area contributed by atoms with Gasteiger partial charge >= 0.3 is 0 Å². The fourth-order valence-electron chi connectivity index (χ4n) is 1.08. The molecule has 0 radical (unpaired) electrons. The third-order valence-corrected chi connectivity index (χ3v) is 2.97. The van der Waals surface area contributed by atoms with Gasteiger partial charge in [0, 0.05) is 13.2 Å². The molecule has 0 aromatic carbocycles. The van der Waals surface area contributed by atoms with Crippen LogP contribution in [-0.4, -0.2) is 26.0 Å². The Morgan fingerprint density at radius 2 is 2.20 bits per heavy atom. The van der Waals surface area contributed by atoms with Crippen molar-refractivity contribution in [3.05, 3.63) is 18.0 Å². The monoisotopic (exact) mass is 233 g/mol. The van der Waals surface area contributed by atoms with Crippen molar-refractivity contribution in [1.82, 2.24) is 9.45 Å². The lowest BCUT2D eigenvalue weighted by Gasteiger charge is -1.99. The first kappa shape index (κ1) is 11.7. The van der Waals surface area contributed by atoms with E-state index in [9.17, 15) is 13.2 Å². The van der Waals surface area contributed by atoms with E-state index in [4.69, 9.17) is 5.73 Å². The van der Waals surface area contributed by atoms with Crippen molar-refractivity contribution in [3.63, 3.8) is 0 Å². The molecule has 0 aliphatic heterocycles. The van der Waals surface area contributed by atoms with Crippen LogP contribution in [0.4, 0.5) is 0 Å². The normalized spacial score (nSPS) is 11.6. The highest BCUT2D eigenvalue weighted by Gasteiger charge is 2.18. The lowest BCUT2D eigenvalue weighted by Crippen LogP contribution is -2.21. The molecule has 0 spiro atoms. The Hall–Kier alpha value is -1.38. The highest BCUT2D eigenvalue weighted by atomic mass is 32.2. The molecule has 0 aliphatic rings. The number of carbonyl (C=O) groups excluding carboxylic acids is 1. The van der Waals surface area contributed by atoms with Crippen molar-refractivity contribution < 1.29 is 18.0 Å². The van der Waals surface area contributed by atoms with Crippen LogP contribution < -0.4 is 10.6 Å². The highest BCUT2D eigenvalue weighted by molar-refractivity contribution is 7.89. The van der Waals surface area contributed by atoms with Crippen LogP contribution in [0.2, 0.25) is 0 Å². The minimum Gasteiger partial charge on any atom is -0.364 e. The summed E-state index contributed by atoms with van der Waals surface area (Å²) in [6.07, 6.45) is 1.27. The molecule has 0 saturated heterocycles. The Bertz CT molecular complexity index is 476. The van der Waals surface area contributed by atoms with Crippen molar-refractivity contribution in [2.24, 2.45) is 12.8 Å². The van der Waals surface area contributed by atoms with Gasteiger partial charge in [-0.3, -0.25) is 9.63 Å². The molecule has 1 aromatic rings. The number of primary amides is 1. The average Bonchev–Trinajstić information content (AvgIpc) is 2.47. The molecule has 1 aromatic heterocycles. The predicted octanol–water partition coefficient (Wildman–Crippen LogP) is -1.04. The van der Waals surface area contributed by atoms with Gasteiger partial charge in [-0.1, -0.05) is 4.89 Å². The molecule has 0 bridgehead atoms. The Labute approximate surface area is 86.8 Å². The third-order valence-electron chi connectivity index (χ3n) is 1.74. The van der Waals surface area contributed by atoms with Crippen LogP contribution in [0, 0.1) is 0 Å². The number of amides is 1. The van der Waals surface area contributed by atoms with E-state index in [0.29, 0.717) is 0 Å². The van der Waals surface area contributed by atoms with E-state index < -0.39 is 15.9 Å². The minimum absolute atomic E-state index is 0.0827. The Morgan fingerprint density at radius 1 is 1.60 bits per heavy atom. The van der Waals surface area contributed by atoms with Crippen LogP contribution in [0.25, 0.3) is 0 Å². The molecule has 15 heavy (non-hydrogen) atoms. The number of rotatable bonds is 4. The van der Waals surface area contributed by atoms with Crippen LogP contribution in [0.5, 0.6) is 0 Å².